The standard InChI is InChI=1S/C23H26BrF2N3O4/c1-27-20(30)10-18(15-5-3-7-17(24)9-15)28-21(31)12-33-22-16(6-4-8-19(22)32-2)11-29-13-23(25,26)14-29/h3-9,18H,10-14H2,1-2H3,(H,27,30)(H,28,31)/t18-/m0/s1. The lowest BCUT2D eigenvalue weighted by Crippen LogP contribution is -2.55. The first-order valence-electron chi connectivity index (χ1n) is 10.3. The number of ether oxygens (including phenoxy) is 2. The Hall–Kier alpha value is -2.72. The molecule has 0 spiro atoms. The number of alkyl halides is 2. The van der Waals surface area contributed by atoms with E-state index in [4.69, 9.17) is 9.47 Å². The van der Waals surface area contributed by atoms with E-state index in [1.165, 1.54) is 14.2 Å². The number of carbonyl (C=O) groups excluding carboxylic acids is 2. The molecule has 7 nitrogen and oxygen atoms in total. The summed E-state index contributed by atoms with van der Waals surface area (Å²) < 4.78 is 38.4. The van der Waals surface area contributed by atoms with Gasteiger partial charge >= 0.3 is 0 Å². The molecule has 0 radical (unpaired) electrons. The average Bonchev–Trinajstić information content (AvgIpc) is 2.76. The third kappa shape index (κ3) is 6.88. The summed E-state index contributed by atoms with van der Waals surface area (Å²) in [7, 11) is 3.00. The van der Waals surface area contributed by atoms with Crippen molar-refractivity contribution in [2.75, 3.05) is 33.9 Å². The van der Waals surface area contributed by atoms with Crippen LogP contribution in [-0.2, 0) is 16.1 Å². The minimum Gasteiger partial charge on any atom is -0.493 e. The molecule has 1 saturated heterocycles. The molecule has 0 unspecified atom stereocenters. The number of rotatable bonds is 10. The fourth-order valence-corrected chi connectivity index (χ4v) is 4.02. The zero-order chi connectivity index (χ0) is 24.0. The number of hydrogen-bond donors (Lipinski definition) is 2. The predicted molar refractivity (Wildman–Crippen MR) is 122 cm³/mol. The second-order valence-corrected chi connectivity index (χ2v) is 8.71. The average molecular weight is 526 g/mol. The second-order valence-electron chi connectivity index (χ2n) is 7.79. The van der Waals surface area contributed by atoms with Crippen molar-refractivity contribution in [3.63, 3.8) is 0 Å². The number of nitrogens with zero attached hydrogens (tertiary/aromatic N) is 1. The Morgan fingerprint density at radius 3 is 2.55 bits per heavy atom. The van der Waals surface area contributed by atoms with Crippen LogP contribution in [0.3, 0.4) is 0 Å². The number of methoxy groups -OCH3 is 1. The van der Waals surface area contributed by atoms with Crippen LogP contribution in [0, 0.1) is 0 Å². The lowest BCUT2D eigenvalue weighted by molar-refractivity contribution is -0.134. The van der Waals surface area contributed by atoms with E-state index in [2.05, 4.69) is 26.6 Å². The maximum Gasteiger partial charge on any atom is 0.272 e. The number of para-hydroxylation sites is 1. The number of halogens is 3. The van der Waals surface area contributed by atoms with Gasteiger partial charge in [-0.1, -0.05) is 40.2 Å². The molecule has 1 heterocycles. The first-order valence-corrected chi connectivity index (χ1v) is 11.1. The highest BCUT2D eigenvalue weighted by Gasteiger charge is 2.43. The third-order valence-corrected chi connectivity index (χ3v) is 5.68. The Morgan fingerprint density at radius 1 is 1.18 bits per heavy atom. The van der Waals surface area contributed by atoms with Crippen molar-refractivity contribution in [3.05, 3.63) is 58.1 Å². The van der Waals surface area contributed by atoms with E-state index in [0.717, 1.165) is 10.0 Å². The maximum absolute atomic E-state index is 13.2. The number of amides is 2. The van der Waals surface area contributed by atoms with Crippen LogP contribution in [0.1, 0.15) is 23.6 Å². The van der Waals surface area contributed by atoms with Gasteiger partial charge in [0.2, 0.25) is 5.91 Å². The minimum atomic E-state index is -2.67. The fourth-order valence-electron chi connectivity index (χ4n) is 3.61. The van der Waals surface area contributed by atoms with Gasteiger partial charge in [0, 0.05) is 23.6 Å². The van der Waals surface area contributed by atoms with Crippen LogP contribution in [0.2, 0.25) is 0 Å². The van der Waals surface area contributed by atoms with Crippen LogP contribution in [0.4, 0.5) is 8.78 Å². The van der Waals surface area contributed by atoms with Crippen molar-refractivity contribution in [2.45, 2.75) is 24.9 Å². The van der Waals surface area contributed by atoms with Gasteiger partial charge in [-0.05, 0) is 23.8 Å². The van der Waals surface area contributed by atoms with Crippen molar-refractivity contribution in [1.82, 2.24) is 15.5 Å². The Bertz CT molecular complexity index is 997. The molecule has 1 fully saturated rings. The molecule has 33 heavy (non-hydrogen) atoms. The second kappa shape index (κ2) is 10.9. The summed E-state index contributed by atoms with van der Waals surface area (Å²) in [5.41, 5.74) is 1.41. The molecule has 1 atom stereocenters. The largest absolute Gasteiger partial charge is 0.493 e. The lowest BCUT2D eigenvalue weighted by Gasteiger charge is -2.38. The van der Waals surface area contributed by atoms with Crippen molar-refractivity contribution >= 4 is 27.7 Å². The first-order chi connectivity index (χ1) is 15.7. The zero-order valence-corrected chi connectivity index (χ0v) is 20.0. The van der Waals surface area contributed by atoms with Crippen molar-refractivity contribution in [3.8, 4) is 11.5 Å². The topological polar surface area (TPSA) is 79.9 Å². The van der Waals surface area contributed by atoms with Crippen molar-refractivity contribution < 1.29 is 27.8 Å². The van der Waals surface area contributed by atoms with Crippen LogP contribution in [0.25, 0.3) is 0 Å². The van der Waals surface area contributed by atoms with Gasteiger partial charge in [-0.25, -0.2) is 8.78 Å². The van der Waals surface area contributed by atoms with Gasteiger partial charge in [-0.3, -0.25) is 14.5 Å². The highest BCUT2D eigenvalue weighted by molar-refractivity contribution is 9.10. The Kier molecular flexibility index (Phi) is 8.25. The molecular weight excluding hydrogens is 500 g/mol. The normalized spacial score (nSPS) is 15.8. The summed E-state index contributed by atoms with van der Waals surface area (Å²) in [6.45, 7) is -0.723. The van der Waals surface area contributed by atoms with Gasteiger partial charge in [-0.2, -0.15) is 0 Å². The van der Waals surface area contributed by atoms with Crippen molar-refractivity contribution in [2.24, 2.45) is 0 Å². The molecule has 10 heteroatoms. The van der Waals surface area contributed by atoms with E-state index >= 15 is 0 Å². The minimum absolute atomic E-state index is 0.0573. The van der Waals surface area contributed by atoms with Gasteiger partial charge in [0.05, 0.1) is 32.7 Å². The highest BCUT2D eigenvalue weighted by Crippen LogP contribution is 2.35. The number of likely N-dealkylation sites (tertiary alicyclic amines) is 1. The maximum atomic E-state index is 13.2. The smallest absolute Gasteiger partial charge is 0.272 e. The third-order valence-electron chi connectivity index (χ3n) is 5.19. The van der Waals surface area contributed by atoms with Gasteiger partial charge in [0.15, 0.2) is 18.1 Å². The van der Waals surface area contributed by atoms with E-state index < -0.39 is 17.9 Å². The molecule has 1 aliphatic heterocycles. The molecule has 178 valence electrons. The van der Waals surface area contributed by atoms with Crippen LogP contribution in [0.15, 0.2) is 46.9 Å². The number of nitrogens with one attached hydrogen (secondary N) is 2. The summed E-state index contributed by atoms with van der Waals surface area (Å²) in [5.74, 6) is -2.60. The molecule has 0 aliphatic carbocycles. The molecule has 2 aromatic carbocycles. The zero-order valence-electron chi connectivity index (χ0n) is 18.4. The molecule has 1 aliphatic rings. The number of benzene rings is 2. The Labute approximate surface area is 199 Å². The number of carbonyl (C=O) groups is 2. The summed E-state index contributed by atoms with van der Waals surface area (Å²) >= 11 is 3.40. The summed E-state index contributed by atoms with van der Waals surface area (Å²) in [6.07, 6.45) is 0.0573. The van der Waals surface area contributed by atoms with Crippen LogP contribution >= 0.6 is 15.9 Å². The van der Waals surface area contributed by atoms with Crippen LogP contribution in [0.5, 0.6) is 11.5 Å². The van der Waals surface area contributed by atoms with Crippen molar-refractivity contribution in [1.29, 1.82) is 0 Å². The molecular formula is C23H26BrF2N3O4. The quantitative estimate of drug-likeness (QED) is 0.497. The first kappa shape index (κ1) is 24.9. The molecule has 3 rings (SSSR count). The van der Waals surface area contributed by atoms with Crippen LogP contribution < -0.4 is 20.1 Å². The summed E-state index contributed by atoms with van der Waals surface area (Å²) in [6, 6.07) is 11.9. The Balaban J connectivity index is 1.69. The molecule has 2 N–H and O–H groups in total. The van der Waals surface area contributed by atoms with Gasteiger partial charge in [0.25, 0.3) is 11.8 Å². The van der Waals surface area contributed by atoms with E-state index in [0.29, 0.717) is 17.1 Å². The Morgan fingerprint density at radius 2 is 1.91 bits per heavy atom. The highest BCUT2D eigenvalue weighted by atomic mass is 79.9. The van der Waals surface area contributed by atoms with Gasteiger partial charge < -0.3 is 20.1 Å². The van der Waals surface area contributed by atoms with Gasteiger partial charge in [0.1, 0.15) is 0 Å². The molecule has 0 bridgehead atoms. The SMILES string of the molecule is CNC(=O)C[C@H](NC(=O)COc1c(CN2CC(F)(F)C2)cccc1OC)c1cccc(Br)c1. The monoisotopic (exact) mass is 525 g/mol. The van der Waals surface area contributed by atoms with E-state index in [9.17, 15) is 18.4 Å². The lowest BCUT2D eigenvalue weighted by atomic mass is 10.0. The summed E-state index contributed by atoms with van der Waals surface area (Å²) in [5, 5.41) is 5.39. The summed E-state index contributed by atoms with van der Waals surface area (Å²) in [4.78, 5) is 26.3. The predicted octanol–water partition coefficient (Wildman–Crippen LogP) is 3.28. The molecule has 0 aromatic heterocycles. The molecule has 0 saturated carbocycles. The van der Waals surface area contributed by atoms with E-state index in [1.807, 2.05) is 24.3 Å². The molecule has 2 amide bonds. The number of hydrogen-bond acceptors (Lipinski definition) is 5. The van der Waals surface area contributed by atoms with E-state index in [1.54, 1.807) is 23.1 Å². The fraction of sp³-hybridized carbons (Fsp3) is 0.391. The molecule has 2 aromatic rings. The van der Waals surface area contributed by atoms with E-state index in [-0.39, 0.29) is 38.6 Å². The van der Waals surface area contributed by atoms with Crippen LogP contribution in [-0.4, -0.2) is 56.5 Å². The van der Waals surface area contributed by atoms with Gasteiger partial charge in [-0.15, -0.1) is 0 Å².